The second-order valence-electron chi connectivity index (χ2n) is 7.59. The molecule has 1 aliphatic heterocycles. The molecule has 1 saturated heterocycles. The van der Waals surface area contributed by atoms with Crippen LogP contribution in [0.25, 0.3) is 0 Å². The molecule has 1 aliphatic carbocycles. The lowest BCUT2D eigenvalue weighted by atomic mass is 9.46. The van der Waals surface area contributed by atoms with Crippen LogP contribution in [0.2, 0.25) is 0 Å². The Hall–Kier alpha value is -1.92. The summed E-state index contributed by atoms with van der Waals surface area (Å²) < 4.78 is 5.85. The van der Waals surface area contributed by atoms with Gasteiger partial charge < -0.3 is 21.1 Å². The van der Waals surface area contributed by atoms with Crippen LogP contribution >= 0.6 is 0 Å². The third-order valence-corrected chi connectivity index (χ3v) is 5.96. The standard InChI is InChI=1S/C19H27N3O3/c1-18(2)15-14(5-4-10-25-15)19(18,20)17(24)22-11-12-6-8-13(9-7-12)16(23)21-3/h6-9,14-15H,4-5,10-11,20H2,1-3H3,(H,21,23)(H,22,24). The summed E-state index contributed by atoms with van der Waals surface area (Å²) in [6.45, 7) is 5.16. The van der Waals surface area contributed by atoms with Gasteiger partial charge >= 0.3 is 0 Å². The lowest BCUT2D eigenvalue weighted by molar-refractivity contribution is -0.225. The van der Waals surface area contributed by atoms with Crippen molar-refractivity contribution in [1.82, 2.24) is 10.6 Å². The van der Waals surface area contributed by atoms with E-state index in [0.717, 1.165) is 25.0 Å². The van der Waals surface area contributed by atoms with Crippen molar-refractivity contribution in [2.75, 3.05) is 13.7 Å². The maximum atomic E-state index is 12.9. The second-order valence-corrected chi connectivity index (χ2v) is 7.59. The normalized spacial score (nSPS) is 29.9. The van der Waals surface area contributed by atoms with Gasteiger partial charge in [0.2, 0.25) is 5.91 Å². The van der Waals surface area contributed by atoms with Crippen molar-refractivity contribution in [2.24, 2.45) is 17.1 Å². The Balaban J connectivity index is 1.65. The van der Waals surface area contributed by atoms with Crippen LogP contribution in [0.1, 0.15) is 42.6 Å². The Kier molecular flexibility index (Phi) is 4.60. The van der Waals surface area contributed by atoms with Gasteiger partial charge in [0.05, 0.1) is 6.10 Å². The summed E-state index contributed by atoms with van der Waals surface area (Å²) >= 11 is 0. The molecular formula is C19H27N3O3. The fourth-order valence-corrected chi connectivity index (χ4v) is 4.28. The van der Waals surface area contributed by atoms with Crippen LogP contribution in [0.4, 0.5) is 0 Å². The minimum Gasteiger partial charge on any atom is -0.377 e. The predicted molar refractivity (Wildman–Crippen MR) is 94.8 cm³/mol. The summed E-state index contributed by atoms with van der Waals surface area (Å²) in [4.78, 5) is 24.4. The smallest absolute Gasteiger partial charge is 0.251 e. The predicted octanol–water partition coefficient (Wildman–Crippen LogP) is 1.19. The van der Waals surface area contributed by atoms with Gasteiger partial charge in [0.1, 0.15) is 5.54 Å². The number of rotatable bonds is 4. The van der Waals surface area contributed by atoms with Gasteiger partial charge in [-0.15, -0.1) is 0 Å². The number of hydrogen-bond donors (Lipinski definition) is 3. The highest BCUT2D eigenvalue weighted by atomic mass is 16.5. The molecule has 0 aromatic heterocycles. The van der Waals surface area contributed by atoms with Crippen LogP contribution in [0.15, 0.2) is 24.3 Å². The van der Waals surface area contributed by atoms with Gasteiger partial charge in [-0.25, -0.2) is 0 Å². The van der Waals surface area contributed by atoms with E-state index in [0.29, 0.717) is 12.1 Å². The van der Waals surface area contributed by atoms with Crippen LogP contribution < -0.4 is 16.4 Å². The van der Waals surface area contributed by atoms with Crippen molar-refractivity contribution in [3.63, 3.8) is 0 Å². The van der Waals surface area contributed by atoms with Gasteiger partial charge in [-0.05, 0) is 30.5 Å². The molecule has 1 heterocycles. The Morgan fingerprint density at radius 2 is 1.96 bits per heavy atom. The van der Waals surface area contributed by atoms with E-state index >= 15 is 0 Å². The quantitative estimate of drug-likeness (QED) is 0.764. The molecule has 6 heteroatoms. The van der Waals surface area contributed by atoms with Crippen molar-refractivity contribution >= 4 is 11.8 Å². The van der Waals surface area contributed by atoms with E-state index in [1.165, 1.54) is 0 Å². The average molecular weight is 345 g/mol. The van der Waals surface area contributed by atoms with Crippen molar-refractivity contribution in [3.05, 3.63) is 35.4 Å². The number of ether oxygens (including phenoxy) is 1. The first-order valence-corrected chi connectivity index (χ1v) is 8.82. The summed E-state index contributed by atoms with van der Waals surface area (Å²) in [7, 11) is 1.60. The second kappa shape index (κ2) is 6.42. The molecule has 136 valence electrons. The lowest BCUT2D eigenvalue weighted by Gasteiger charge is -2.65. The molecule has 25 heavy (non-hydrogen) atoms. The summed E-state index contributed by atoms with van der Waals surface area (Å²) in [5.41, 5.74) is 6.82. The Morgan fingerprint density at radius 3 is 2.60 bits per heavy atom. The third-order valence-electron chi connectivity index (χ3n) is 5.96. The fourth-order valence-electron chi connectivity index (χ4n) is 4.28. The molecule has 0 bridgehead atoms. The van der Waals surface area contributed by atoms with E-state index in [4.69, 9.17) is 10.5 Å². The summed E-state index contributed by atoms with van der Waals surface area (Å²) in [5, 5.41) is 5.56. The number of nitrogens with two attached hydrogens (primary N) is 1. The van der Waals surface area contributed by atoms with Crippen LogP contribution in [0.5, 0.6) is 0 Å². The van der Waals surface area contributed by atoms with Crippen molar-refractivity contribution in [3.8, 4) is 0 Å². The molecule has 0 radical (unpaired) electrons. The third kappa shape index (κ3) is 2.73. The number of carbonyl (C=O) groups is 2. The number of benzene rings is 1. The van der Waals surface area contributed by atoms with Crippen LogP contribution in [-0.4, -0.2) is 37.1 Å². The monoisotopic (exact) mass is 345 g/mol. The first-order chi connectivity index (χ1) is 11.8. The topological polar surface area (TPSA) is 93.5 Å². The SMILES string of the molecule is CNC(=O)c1ccc(CNC(=O)C2(N)C3CCCOC3C2(C)C)cc1. The maximum absolute atomic E-state index is 12.9. The van der Waals surface area contributed by atoms with E-state index in [9.17, 15) is 9.59 Å². The van der Waals surface area contributed by atoms with Crippen molar-refractivity contribution < 1.29 is 14.3 Å². The lowest BCUT2D eigenvalue weighted by Crippen LogP contribution is -2.82. The molecule has 2 amide bonds. The number of hydrogen-bond acceptors (Lipinski definition) is 4. The molecule has 6 nitrogen and oxygen atoms in total. The molecule has 0 spiro atoms. The molecular weight excluding hydrogens is 318 g/mol. The number of amides is 2. The number of nitrogens with one attached hydrogen (secondary N) is 2. The minimum atomic E-state index is -0.903. The van der Waals surface area contributed by atoms with E-state index in [1.54, 1.807) is 19.2 Å². The zero-order chi connectivity index (χ0) is 18.2. The van der Waals surface area contributed by atoms with Gasteiger partial charge in [0.15, 0.2) is 0 Å². The molecule has 3 unspecified atom stereocenters. The van der Waals surface area contributed by atoms with E-state index in [2.05, 4.69) is 10.6 Å². The van der Waals surface area contributed by atoms with Gasteiger partial charge in [-0.1, -0.05) is 26.0 Å². The Bertz CT molecular complexity index is 671. The molecule has 1 aromatic rings. The number of carbonyl (C=O) groups excluding carboxylic acids is 2. The Labute approximate surface area is 148 Å². The highest BCUT2D eigenvalue weighted by Gasteiger charge is 2.70. The van der Waals surface area contributed by atoms with Crippen LogP contribution in [0.3, 0.4) is 0 Å². The molecule has 3 rings (SSSR count). The average Bonchev–Trinajstić information content (AvgIpc) is 2.65. The number of fused-ring (bicyclic) bond motifs is 1. The summed E-state index contributed by atoms with van der Waals surface area (Å²) in [6, 6.07) is 7.17. The summed E-state index contributed by atoms with van der Waals surface area (Å²) in [6.07, 6.45) is 1.94. The van der Waals surface area contributed by atoms with Gasteiger partial charge in [-0.3, -0.25) is 9.59 Å². The zero-order valence-corrected chi connectivity index (χ0v) is 15.1. The molecule has 1 aromatic carbocycles. The van der Waals surface area contributed by atoms with E-state index in [1.807, 2.05) is 26.0 Å². The van der Waals surface area contributed by atoms with Crippen molar-refractivity contribution in [1.29, 1.82) is 0 Å². The first kappa shape index (κ1) is 17.9. The minimum absolute atomic E-state index is 0.0591. The highest BCUT2D eigenvalue weighted by Crippen LogP contribution is 2.57. The molecule has 4 N–H and O–H groups in total. The van der Waals surface area contributed by atoms with Gasteiger partial charge in [0, 0.05) is 37.1 Å². The molecule has 2 fully saturated rings. The Morgan fingerprint density at radius 1 is 1.28 bits per heavy atom. The van der Waals surface area contributed by atoms with Gasteiger partial charge in [-0.2, -0.15) is 0 Å². The van der Waals surface area contributed by atoms with E-state index < -0.39 is 5.54 Å². The van der Waals surface area contributed by atoms with Crippen LogP contribution in [-0.2, 0) is 16.1 Å². The fraction of sp³-hybridized carbons (Fsp3) is 0.579. The molecule has 3 atom stereocenters. The first-order valence-electron chi connectivity index (χ1n) is 8.82. The van der Waals surface area contributed by atoms with Crippen molar-refractivity contribution in [2.45, 2.75) is 44.9 Å². The largest absolute Gasteiger partial charge is 0.377 e. The maximum Gasteiger partial charge on any atom is 0.251 e. The van der Waals surface area contributed by atoms with Crippen LogP contribution in [0, 0.1) is 11.3 Å². The summed E-state index contributed by atoms with van der Waals surface area (Å²) in [5.74, 6) is -0.178. The molecule has 2 aliphatic rings. The highest BCUT2D eigenvalue weighted by molar-refractivity contribution is 5.94. The molecule has 1 saturated carbocycles. The van der Waals surface area contributed by atoms with E-state index in [-0.39, 0.29) is 29.3 Å². The zero-order valence-electron chi connectivity index (χ0n) is 15.1. The van der Waals surface area contributed by atoms with Gasteiger partial charge in [0.25, 0.3) is 5.91 Å².